The number of fused-ring (bicyclic) bond motifs is 1. The molecule has 0 bridgehead atoms. The first-order valence-corrected chi connectivity index (χ1v) is 8.36. The Morgan fingerprint density at radius 2 is 2.00 bits per heavy atom. The molecular weight excluding hydrogens is 266 g/mol. The van der Waals surface area contributed by atoms with Gasteiger partial charge in [-0.3, -0.25) is 0 Å². The van der Waals surface area contributed by atoms with Crippen LogP contribution in [0.4, 0.5) is 5.95 Å². The molecule has 1 N–H and O–H groups in total. The van der Waals surface area contributed by atoms with Gasteiger partial charge in [-0.1, -0.05) is 45.4 Å². The zero-order valence-corrected chi connectivity index (χ0v) is 13.3. The van der Waals surface area contributed by atoms with Gasteiger partial charge in [-0.15, -0.1) is 11.8 Å². The van der Waals surface area contributed by atoms with Gasteiger partial charge in [0, 0.05) is 17.7 Å². The number of thioether (sulfide) groups is 1. The lowest BCUT2D eigenvalue weighted by Crippen LogP contribution is -2.05. The Morgan fingerprint density at radius 3 is 2.75 bits per heavy atom. The third kappa shape index (κ3) is 3.85. The van der Waals surface area contributed by atoms with Gasteiger partial charge in [0.25, 0.3) is 0 Å². The molecule has 0 fully saturated rings. The number of benzene rings is 1. The van der Waals surface area contributed by atoms with Crippen molar-refractivity contribution in [1.82, 2.24) is 9.97 Å². The topological polar surface area (TPSA) is 37.8 Å². The monoisotopic (exact) mass is 289 g/mol. The number of nitrogens with one attached hydrogen (secondary N) is 1. The first-order chi connectivity index (χ1) is 9.74. The van der Waals surface area contributed by atoms with Crippen LogP contribution >= 0.6 is 11.8 Å². The number of aromatic nitrogens is 2. The second kappa shape index (κ2) is 7.48. The van der Waals surface area contributed by atoms with Crippen molar-refractivity contribution < 1.29 is 0 Å². The van der Waals surface area contributed by atoms with E-state index in [2.05, 4.69) is 54.3 Å². The van der Waals surface area contributed by atoms with Crippen LogP contribution in [-0.4, -0.2) is 22.3 Å². The quantitative estimate of drug-likeness (QED) is 0.597. The minimum Gasteiger partial charge on any atom is -0.354 e. The summed E-state index contributed by atoms with van der Waals surface area (Å²) in [5, 5.41) is 5.54. The molecule has 3 nitrogen and oxygen atoms in total. The molecule has 0 radical (unpaired) electrons. The molecule has 0 aliphatic rings. The zero-order chi connectivity index (χ0) is 14.4. The summed E-state index contributed by atoms with van der Waals surface area (Å²) < 4.78 is 0. The van der Waals surface area contributed by atoms with Crippen LogP contribution in [0.5, 0.6) is 0 Å². The summed E-state index contributed by atoms with van der Waals surface area (Å²) in [7, 11) is 0. The standard InChI is InChI=1S/C16H23N3S/c1-4-10-17-16-18-14-9-7-6-8-13(14)15(19-16)20-11-12(3)5-2/h6-9,12H,4-5,10-11H2,1-3H3,(H,17,18,19). The van der Waals surface area contributed by atoms with Gasteiger partial charge in [0.05, 0.1) is 5.52 Å². The van der Waals surface area contributed by atoms with Crippen molar-refractivity contribution in [3.8, 4) is 0 Å². The maximum atomic E-state index is 4.69. The van der Waals surface area contributed by atoms with Gasteiger partial charge in [-0.25, -0.2) is 9.97 Å². The van der Waals surface area contributed by atoms with Gasteiger partial charge in [0.2, 0.25) is 5.95 Å². The predicted octanol–water partition coefficient (Wildman–Crippen LogP) is 4.59. The molecule has 1 aromatic heterocycles. The van der Waals surface area contributed by atoms with Crippen molar-refractivity contribution in [3.63, 3.8) is 0 Å². The van der Waals surface area contributed by atoms with Gasteiger partial charge in [0.15, 0.2) is 0 Å². The van der Waals surface area contributed by atoms with Crippen LogP contribution < -0.4 is 5.32 Å². The van der Waals surface area contributed by atoms with Crippen molar-refractivity contribution in [3.05, 3.63) is 24.3 Å². The number of hydrogen-bond acceptors (Lipinski definition) is 4. The highest BCUT2D eigenvalue weighted by Gasteiger charge is 2.09. The van der Waals surface area contributed by atoms with Crippen LogP contribution in [0.1, 0.15) is 33.6 Å². The van der Waals surface area contributed by atoms with Gasteiger partial charge >= 0.3 is 0 Å². The van der Waals surface area contributed by atoms with Gasteiger partial charge in [0.1, 0.15) is 5.03 Å². The largest absolute Gasteiger partial charge is 0.354 e. The average Bonchev–Trinajstić information content (AvgIpc) is 2.50. The van der Waals surface area contributed by atoms with Crippen LogP contribution in [-0.2, 0) is 0 Å². The van der Waals surface area contributed by atoms with E-state index in [0.717, 1.165) is 40.6 Å². The van der Waals surface area contributed by atoms with Crippen molar-refractivity contribution in [2.45, 2.75) is 38.6 Å². The van der Waals surface area contributed by atoms with E-state index in [1.54, 1.807) is 0 Å². The number of nitrogens with zero attached hydrogens (tertiary/aromatic N) is 2. The zero-order valence-electron chi connectivity index (χ0n) is 12.5. The van der Waals surface area contributed by atoms with Gasteiger partial charge in [-0.05, 0) is 18.4 Å². The molecule has 0 aliphatic carbocycles. The Hall–Kier alpha value is -1.29. The summed E-state index contributed by atoms with van der Waals surface area (Å²) in [5.74, 6) is 2.56. The number of para-hydroxylation sites is 1. The highest BCUT2D eigenvalue weighted by Crippen LogP contribution is 2.28. The fraction of sp³-hybridized carbons (Fsp3) is 0.500. The molecular formula is C16H23N3S. The van der Waals surface area contributed by atoms with E-state index in [1.807, 2.05) is 17.8 Å². The SMILES string of the molecule is CCCNc1nc(SCC(C)CC)c2ccccc2n1. The maximum Gasteiger partial charge on any atom is 0.224 e. The van der Waals surface area contributed by atoms with E-state index in [0.29, 0.717) is 5.92 Å². The van der Waals surface area contributed by atoms with Crippen LogP contribution in [0.2, 0.25) is 0 Å². The Morgan fingerprint density at radius 1 is 1.20 bits per heavy atom. The maximum absolute atomic E-state index is 4.69. The molecule has 20 heavy (non-hydrogen) atoms. The lowest BCUT2D eigenvalue weighted by Gasteiger charge is -2.11. The predicted molar refractivity (Wildman–Crippen MR) is 88.5 cm³/mol. The molecule has 1 heterocycles. The normalized spacial score (nSPS) is 12.6. The van der Waals surface area contributed by atoms with E-state index in [-0.39, 0.29) is 0 Å². The third-order valence-electron chi connectivity index (χ3n) is 3.30. The molecule has 0 aliphatic heterocycles. The molecule has 2 rings (SSSR count). The Balaban J connectivity index is 2.28. The number of anilines is 1. The molecule has 0 saturated carbocycles. The minimum atomic E-state index is 0.709. The van der Waals surface area contributed by atoms with Crippen LogP contribution in [0.3, 0.4) is 0 Å². The van der Waals surface area contributed by atoms with Crippen LogP contribution in [0, 0.1) is 5.92 Å². The first-order valence-electron chi connectivity index (χ1n) is 7.38. The van der Waals surface area contributed by atoms with Crippen molar-refractivity contribution in [2.75, 3.05) is 17.6 Å². The number of hydrogen-bond donors (Lipinski definition) is 1. The van der Waals surface area contributed by atoms with Gasteiger partial charge in [-0.2, -0.15) is 0 Å². The Bertz CT molecular complexity index is 556. The van der Waals surface area contributed by atoms with E-state index >= 15 is 0 Å². The van der Waals surface area contributed by atoms with Crippen LogP contribution in [0.25, 0.3) is 10.9 Å². The second-order valence-corrected chi connectivity index (χ2v) is 6.13. The summed E-state index contributed by atoms with van der Waals surface area (Å²) in [6.45, 7) is 7.57. The molecule has 1 unspecified atom stereocenters. The smallest absolute Gasteiger partial charge is 0.224 e. The summed E-state index contributed by atoms with van der Waals surface area (Å²) in [6, 6.07) is 8.25. The van der Waals surface area contributed by atoms with E-state index in [9.17, 15) is 0 Å². The Labute approximate surface area is 125 Å². The first kappa shape index (κ1) is 15.1. The summed E-state index contributed by atoms with van der Waals surface area (Å²) in [6.07, 6.45) is 2.28. The van der Waals surface area contributed by atoms with E-state index in [1.165, 1.54) is 6.42 Å². The molecule has 0 amide bonds. The molecule has 0 spiro atoms. The van der Waals surface area contributed by atoms with Crippen LogP contribution in [0.15, 0.2) is 29.3 Å². The third-order valence-corrected chi connectivity index (χ3v) is 4.62. The average molecular weight is 289 g/mol. The Kier molecular flexibility index (Phi) is 5.65. The lowest BCUT2D eigenvalue weighted by atomic mass is 10.2. The fourth-order valence-electron chi connectivity index (χ4n) is 1.81. The van der Waals surface area contributed by atoms with Crippen molar-refractivity contribution in [2.24, 2.45) is 5.92 Å². The highest BCUT2D eigenvalue weighted by atomic mass is 32.2. The summed E-state index contributed by atoms with van der Waals surface area (Å²) in [4.78, 5) is 9.27. The second-order valence-electron chi connectivity index (χ2n) is 5.12. The lowest BCUT2D eigenvalue weighted by molar-refractivity contribution is 0.636. The summed E-state index contributed by atoms with van der Waals surface area (Å²) in [5.41, 5.74) is 1.02. The molecule has 4 heteroatoms. The van der Waals surface area contributed by atoms with E-state index < -0.39 is 0 Å². The van der Waals surface area contributed by atoms with E-state index in [4.69, 9.17) is 0 Å². The molecule has 0 saturated heterocycles. The van der Waals surface area contributed by atoms with Crippen molar-refractivity contribution >= 4 is 28.6 Å². The highest BCUT2D eigenvalue weighted by molar-refractivity contribution is 7.99. The van der Waals surface area contributed by atoms with Crippen molar-refractivity contribution in [1.29, 1.82) is 0 Å². The minimum absolute atomic E-state index is 0.709. The van der Waals surface area contributed by atoms with Gasteiger partial charge < -0.3 is 5.32 Å². The number of rotatable bonds is 7. The molecule has 108 valence electrons. The molecule has 1 atom stereocenters. The molecule has 2 aromatic rings. The summed E-state index contributed by atoms with van der Waals surface area (Å²) >= 11 is 1.84. The fourth-order valence-corrected chi connectivity index (χ4v) is 2.97. The molecule has 1 aromatic carbocycles.